The zero-order valence-corrected chi connectivity index (χ0v) is 12.4. The molecule has 5 heteroatoms. The molecular formula is C13H22N2O2S. The second-order valence-electron chi connectivity index (χ2n) is 4.56. The van der Waals surface area contributed by atoms with Gasteiger partial charge in [-0.15, -0.1) is 11.3 Å². The van der Waals surface area contributed by atoms with Gasteiger partial charge in [0.25, 0.3) is 0 Å². The van der Waals surface area contributed by atoms with Gasteiger partial charge in [-0.3, -0.25) is 0 Å². The third-order valence-corrected chi connectivity index (χ3v) is 4.09. The van der Waals surface area contributed by atoms with Crippen LogP contribution in [0.3, 0.4) is 0 Å². The molecular weight excluding hydrogens is 248 g/mol. The molecule has 1 aromatic heterocycles. The Balaban J connectivity index is 2.79. The van der Waals surface area contributed by atoms with Crippen molar-refractivity contribution in [3.8, 4) is 0 Å². The molecule has 0 aliphatic heterocycles. The van der Waals surface area contributed by atoms with Gasteiger partial charge in [-0.2, -0.15) is 0 Å². The summed E-state index contributed by atoms with van der Waals surface area (Å²) in [5.41, 5.74) is 0.724. The highest BCUT2D eigenvalue weighted by molar-refractivity contribution is 7.13. The van der Waals surface area contributed by atoms with Crippen LogP contribution in [0.5, 0.6) is 0 Å². The minimum Gasteiger partial charge on any atom is -0.477 e. The van der Waals surface area contributed by atoms with E-state index in [1.54, 1.807) is 0 Å². The number of likely N-dealkylation sites (N-methyl/N-ethyl adjacent to an activating group) is 1. The van der Waals surface area contributed by atoms with Crippen LogP contribution in [0.25, 0.3) is 0 Å². The molecule has 1 heterocycles. The van der Waals surface area contributed by atoms with Crippen LogP contribution < -0.4 is 0 Å². The van der Waals surface area contributed by atoms with Gasteiger partial charge in [0.15, 0.2) is 0 Å². The molecule has 0 saturated heterocycles. The molecule has 0 aliphatic carbocycles. The summed E-state index contributed by atoms with van der Waals surface area (Å²) in [5.74, 6) is -0.695. The van der Waals surface area contributed by atoms with Crippen molar-refractivity contribution in [2.75, 3.05) is 19.6 Å². The van der Waals surface area contributed by atoms with Crippen LogP contribution in [-0.4, -0.2) is 40.6 Å². The van der Waals surface area contributed by atoms with Crippen molar-refractivity contribution in [3.05, 3.63) is 15.6 Å². The van der Waals surface area contributed by atoms with Gasteiger partial charge in [0, 0.05) is 13.0 Å². The number of rotatable bonds is 7. The Morgan fingerprint density at radius 1 is 1.39 bits per heavy atom. The molecule has 0 bridgehead atoms. The van der Waals surface area contributed by atoms with E-state index in [9.17, 15) is 4.79 Å². The number of carbonyl (C=O) groups is 1. The topological polar surface area (TPSA) is 53.4 Å². The molecule has 102 valence electrons. The van der Waals surface area contributed by atoms with Crippen molar-refractivity contribution < 1.29 is 9.90 Å². The average Bonchev–Trinajstić information content (AvgIpc) is 2.75. The van der Waals surface area contributed by atoms with Crippen molar-refractivity contribution in [2.45, 2.75) is 40.0 Å². The van der Waals surface area contributed by atoms with E-state index in [0.717, 1.165) is 36.8 Å². The van der Waals surface area contributed by atoms with Gasteiger partial charge >= 0.3 is 5.97 Å². The smallest absolute Gasteiger partial charge is 0.347 e. The van der Waals surface area contributed by atoms with E-state index in [0.29, 0.717) is 4.88 Å². The van der Waals surface area contributed by atoms with E-state index >= 15 is 0 Å². The number of carboxylic acids is 1. The van der Waals surface area contributed by atoms with Gasteiger partial charge in [0.2, 0.25) is 0 Å². The fraction of sp³-hybridized carbons (Fsp3) is 0.692. The van der Waals surface area contributed by atoms with Gasteiger partial charge < -0.3 is 10.0 Å². The molecule has 0 fully saturated rings. The normalized spacial score (nSPS) is 11.4. The standard InChI is InChI=1S/C13H22N2O2S/c1-5-15(6-2)8-7-10-14-11(9(3)4)12(18-10)13(16)17/h9H,5-8H2,1-4H3,(H,16,17). The molecule has 4 nitrogen and oxygen atoms in total. The van der Waals surface area contributed by atoms with Crippen LogP contribution in [0.1, 0.15) is 54.0 Å². The van der Waals surface area contributed by atoms with E-state index < -0.39 is 5.97 Å². The van der Waals surface area contributed by atoms with Gasteiger partial charge in [0.1, 0.15) is 4.88 Å². The predicted octanol–water partition coefficient (Wildman–Crippen LogP) is 2.85. The minimum absolute atomic E-state index is 0.162. The molecule has 1 aromatic rings. The van der Waals surface area contributed by atoms with E-state index in [4.69, 9.17) is 5.11 Å². The summed E-state index contributed by atoms with van der Waals surface area (Å²) in [4.78, 5) is 18.4. The van der Waals surface area contributed by atoms with Gasteiger partial charge in [-0.05, 0) is 19.0 Å². The number of nitrogens with zero attached hydrogens (tertiary/aromatic N) is 2. The number of carboxylic acid groups (broad SMARTS) is 1. The summed E-state index contributed by atoms with van der Waals surface area (Å²) in [6.07, 6.45) is 0.833. The lowest BCUT2D eigenvalue weighted by atomic mass is 10.1. The zero-order chi connectivity index (χ0) is 13.7. The first-order chi connectivity index (χ1) is 8.49. The fourth-order valence-corrected chi connectivity index (χ4v) is 2.87. The maximum absolute atomic E-state index is 11.2. The Hall–Kier alpha value is -0.940. The molecule has 0 spiro atoms. The van der Waals surface area contributed by atoms with Crippen molar-refractivity contribution in [1.29, 1.82) is 0 Å². The monoisotopic (exact) mass is 270 g/mol. The first kappa shape index (κ1) is 15.1. The Kier molecular flexibility index (Phi) is 5.75. The number of aromatic nitrogens is 1. The quantitative estimate of drug-likeness (QED) is 0.827. The van der Waals surface area contributed by atoms with Crippen LogP contribution >= 0.6 is 11.3 Å². The zero-order valence-electron chi connectivity index (χ0n) is 11.6. The van der Waals surface area contributed by atoms with Crippen LogP contribution in [-0.2, 0) is 6.42 Å². The Labute approximate surface area is 113 Å². The van der Waals surface area contributed by atoms with Crippen LogP contribution in [0.2, 0.25) is 0 Å². The molecule has 0 atom stereocenters. The summed E-state index contributed by atoms with van der Waals surface area (Å²) < 4.78 is 0. The molecule has 1 rings (SSSR count). The van der Waals surface area contributed by atoms with Crippen LogP contribution in [0.4, 0.5) is 0 Å². The Morgan fingerprint density at radius 2 is 2.00 bits per heavy atom. The van der Waals surface area contributed by atoms with Crippen LogP contribution in [0.15, 0.2) is 0 Å². The number of thiazole rings is 1. The third-order valence-electron chi connectivity index (χ3n) is 2.98. The van der Waals surface area contributed by atoms with E-state index in [2.05, 4.69) is 23.7 Å². The minimum atomic E-state index is -0.856. The Morgan fingerprint density at radius 3 is 2.39 bits per heavy atom. The number of aromatic carboxylic acids is 1. The number of hydrogen-bond acceptors (Lipinski definition) is 4. The molecule has 0 unspecified atom stereocenters. The first-order valence-electron chi connectivity index (χ1n) is 6.44. The van der Waals surface area contributed by atoms with Gasteiger partial charge in [-0.1, -0.05) is 27.7 Å². The first-order valence-corrected chi connectivity index (χ1v) is 7.26. The summed E-state index contributed by atoms with van der Waals surface area (Å²) >= 11 is 1.32. The highest BCUT2D eigenvalue weighted by Gasteiger charge is 2.19. The highest BCUT2D eigenvalue weighted by atomic mass is 32.1. The summed E-state index contributed by atoms with van der Waals surface area (Å²) in [7, 11) is 0. The lowest BCUT2D eigenvalue weighted by molar-refractivity contribution is 0.0700. The molecule has 0 aromatic carbocycles. The summed E-state index contributed by atoms with van der Waals surface area (Å²) in [6.45, 7) is 11.2. The molecule has 0 radical (unpaired) electrons. The van der Waals surface area contributed by atoms with E-state index in [-0.39, 0.29) is 5.92 Å². The SMILES string of the molecule is CCN(CC)CCc1nc(C(C)C)c(C(=O)O)s1. The largest absolute Gasteiger partial charge is 0.477 e. The number of hydrogen-bond donors (Lipinski definition) is 1. The van der Waals surface area contributed by atoms with Gasteiger partial charge in [0.05, 0.1) is 10.7 Å². The molecule has 1 N–H and O–H groups in total. The van der Waals surface area contributed by atoms with Crippen LogP contribution in [0, 0.1) is 0 Å². The van der Waals surface area contributed by atoms with Crippen molar-refractivity contribution >= 4 is 17.3 Å². The van der Waals surface area contributed by atoms with Crippen molar-refractivity contribution in [1.82, 2.24) is 9.88 Å². The predicted molar refractivity (Wildman–Crippen MR) is 74.7 cm³/mol. The lowest BCUT2D eigenvalue weighted by Gasteiger charge is -2.16. The molecule has 0 amide bonds. The molecule has 0 saturated carbocycles. The molecule has 18 heavy (non-hydrogen) atoms. The van der Waals surface area contributed by atoms with Crippen molar-refractivity contribution in [2.24, 2.45) is 0 Å². The second-order valence-corrected chi connectivity index (χ2v) is 5.64. The third kappa shape index (κ3) is 3.78. The van der Waals surface area contributed by atoms with E-state index in [1.807, 2.05) is 13.8 Å². The highest BCUT2D eigenvalue weighted by Crippen LogP contribution is 2.25. The van der Waals surface area contributed by atoms with Gasteiger partial charge in [-0.25, -0.2) is 9.78 Å². The Bertz CT molecular complexity index is 398. The maximum Gasteiger partial charge on any atom is 0.347 e. The maximum atomic E-state index is 11.2. The fourth-order valence-electron chi connectivity index (χ4n) is 1.82. The molecule has 0 aliphatic rings. The van der Waals surface area contributed by atoms with Crippen molar-refractivity contribution in [3.63, 3.8) is 0 Å². The second kappa shape index (κ2) is 6.85. The summed E-state index contributed by atoms with van der Waals surface area (Å²) in [5, 5.41) is 10.1. The summed E-state index contributed by atoms with van der Waals surface area (Å²) in [6, 6.07) is 0. The average molecular weight is 270 g/mol. The van der Waals surface area contributed by atoms with E-state index in [1.165, 1.54) is 11.3 Å². The lowest BCUT2D eigenvalue weighted by Crippen LogP contribution is -2.25.